The first-order valence-electron chi connectivity index (χ1n) is 8.63. The number of nitrogens with zero attached hydrogens (tertiary/aromatic N) is 5. The lowest BCUT2D eigenvalue weighted by Crippen LogP contribution is -2.47. The number of ether oxygens (including phenoxy) is 2. The molecule has 0 spiro atoms. The van der Waals surface area contributed by atoms with E-state index in [-0.39, 0.29) is 13.0 Å². The smallest absolute Gasteiger partial charge is 0.409 e. The van der Waals surface area contributed by atoms with Crippen LogP contribution in [0, 0.1) is 6.92 Å². The van der Waals surface area contributed by atoms with Crippen LogP contribution in [0.2, 0.25) is 0 Å². The minimum absolute atomic E-state index is 0.0972. The van der Waals surface area contributed by atoms with Gasteiger partial charge >= 0.3 is 11.8 Å². The SMILES string of the molecule is Cc1cn([C@H]2C[C@H](N=[N+]=[N-])[C@@H](COC(=O)N3CCNCC3)O2)c(=O)[nH]c1=O. The maximum Gasteiger partial charge on any atom is 0.409 e. The summed E-state index contributed by atoms with van der Waals surface area (Å²) in [6.07, 6.45) is -0.247. The van der Waals surface area contributed by atoms with E-state index in [9.17, 15) is 14.4 Å². The molecule has 3 heterocycles. The van der Waals surface area contributed by atoms with E-state index in [0.717, 1.165) is 0 Å². The molecule has 0 unspecified atom stereocenters. The van der Waals surface area contributed by atoms with E-state index in [2.05, 4.69) is 20.3 Å². The molecule has 0 aliphatic carbocycles. The van der Waals surface area contributed by atoms with Crippen molar-refractivity contribution in [2.75, 3.05) is 32.8 Å². The Hall–Kier alpha value is -2.82. The van der Waals surface area contributed by atoms with E-state index < -0.39 is 35.7 Å². The molecule has 2 N–H and O–H groups in total. The first kappa shape index (κ1) is 19.0. The number of aromatic nitrogens is 2. The van der Waals surface area contributed by atoms with Gasteiger partial charge in [0.1, 0.15) is 18.9 Å². The summed E-state index contributed by atoms with van der Waals surface area (Å²) in [5, 5.41) is 6.84. The van der Waals surface area contributed by atoms with Crippen molar-refractivity contribution in [1.82, 2.24) is 19.8 Å². The monoisotopic (exact) mass is 379 g/mol. The molecule has 12 nitrogen and oxygen atoms in total. The van der Waals surface area contributed by atoms with Gasteiger partial charge in [0, 0.05) is 49.3 Å². The summed E-state index contributed by atoms with van der Waals surface area (Å²) in [7, 11) is 0. The standard InChI is InChI=1S/C15H21N7O5/c1-9-7-22(14(24)18-13(9)23)12-6-10(19-20-16)11(27-12)8-26-15(25)21-4-2-17-3-5-21/h7,10-12,17H,2-6,8H2,1H3,(H,18,23,24)/t10-,11+,12+/m0/s1. The van der Waals surface area contributed by atoms with Crippen molar-refractivity contribution in [3.05, 3.63) is 43.0 Å². The Bertz CT molecular complexity index is 853. The third kappa shape index (κ3) is 4.30. The summed E-state index contributed by atoms with van der Waals surface area (Å²) >= 11 is 0. The number of aryl methyl sites for hydroxylation is 1. The Labute approximate surface area is 153 Å². The van der Waals surface area contributed by atoms with Crippen LogP contribution < -0.4 is 16.6 Å². The molecule has 3 rings (SSSR count). The van der Waals surface area contributed by atoms with E-state index in [1.165, 1.54) is 10.8 Å². The number of amides is 1. The van der Waals surface area contributed by atoms with Crippen LogP contribution in [0.5, 0.6) is 0 Å². The van der Waals surface area contributed by atoms with E-state index in [0.29, 0.717) is 31.7 Å². The molecule has 12 heteroatoms. The minimum atomic E-state index is -0.730. The van der Waals surface area contributed by atoms with Gasteiger partial charge in [0.05, 0.1) is 6.04 Å². The molecule has 0 aromatic carbocycles. The van der Waals surface area contributed by atoms with Crippen molar-refractivity contribution in [3.8, 4) is 0 Å². The summed E-state index contributed by atoms with van der Waals surface area (Å²) in [5.74, 6) is 0. The number of H-pyrrole nitrogens is 1. The number of hydrogen-bond acceptors (Lipinski definition) is 7. The second-order valence-corrected chi connectivity index (χ2v) is 6.43. The fourth-order valence-electron chi connectivity index (χ4n) is 3.12. The fraction of sp³-hybridized carbons (Fsp3) is 0.667. The first-order valence-corrected chi connectivity index (χ1v) is 8.63. The third-order valence-electron chi connectivity index (χ3n) is 4.61. The van der Waals surface area contributed by atoms with Crippen molar-refractivity contribution < 1.29 is 14.3 Å². The molecule has 1 aromatic rings. The highest BCUT2D eigenvalue weighted by Crippen LogP contribution is 2.30. The minimum Gasteiger partial charge on any atom is -0.447 e. The number of aromatic amines is 1. The molecule has 0 radical (unpaired) electrons. The van der Waals surface area contributed by atoms with Crippen LogP contribution in [-0.4, -0.2) is 65.5 Å². The van der Waals surface area contributed by atoms with Crippen molar-refractivity contribution in [3.63, 3.8) is 0 Å². The lowest BCUT2D eigenvalue weighted by Gasteiger charge is -2.27. The third-order valence-corrected chi connectivity index (χ3v) is 4.61. The number of azide groups is 1. The predicted molar refractivity (Wildman–Crippen MR) is 93.3 cm³/mol. The maximum absolute atomic E-state index is 12.1. The molecule has 2 fully saturated rings. The number of carbonyl (C=O) groups excluding carboxylic acids is 1. The van der Waals surface area contributed by atoms with Gasteiger partial charge in [-0.15, -0.1) is 0 Å². The van der Waals surface area contributed by atoms with Gasteiger partial charge in [0.15, 0.2) is 0 Å². The molecule has 2 aliphatic heterocycles. The van der Waals surface area contributed by atoms with Crippen molar-refractivity contribution in [2.24, 2.45) is 5.11 Å². The van der Waals surface area contributed by atoms with Crippen LogP contribution in [0.3, 0.4) is 0 Å². The highest BCUT2D eigenvalue weighted by molar-refractivity contribution is 5.67. The molecule has 0 saturated carbocycles. The van der Waals surface area contributed by atoms with Gasteiger partial charge in [0.25, 0.3) is 5.56 Å². The van der Waals surface area contributed by atoms with Crippen LogP contribution in [0.15, 0.2) is 20.9 Å². The van der Waals surface area contributed by atoms with E-state index >= 15 is 0 Å². The average Bonchev–Trinajstić information content (AvgIpc) is 3.06. The van der Waals surface area contributed by atoms with E-state index in [4.69, 9.17) is 15.0 Å². The summed E-state index contributed by atoms with van der Waals surface area (Å²) in [5.41, 5.74) is 8.05. The molecule has 1 amide bonds. The Balaban J connectivity index is 1.69. The van der Waals surface area contributed by atoms with Crippen LogP contribution >= 0.6 is 0 Å². The van der Waals surface area contributed by atoms with E-state index in [1.807, 2.05) is 0 Å². The molecular weight excluding hydrogens is 358 g/mol. The Kier molecular flexibility index (Phi) is 5.79. The predicted octanol–water partition coefficient (Wildman–Crippen LogP) is -0.147. The molecule has 2 saturated heterocycles. The van der Waals surface area contributed by atoms with Crippen LogP contribution in [0.25, 0.3) is 10.4 Å². The second kappa shape index (κ2) is 8.25. The average molecular weight is 379 g/mol. The highest BCUT2D eigenvalue weighted by Gasteiger charge is 2.37. The largest absolute Gasteiger partial charge is 0.447 e. The molecule has 146 valence electrons. The van der Waals surface area contributed by atoms with Gasteiger partial charge in [0.2, 0.25) is 0 Å². The maximum atomic E-state index is 12.1. The lowest BCUT2D eigenvalue weighted by molar-refractivity contribution is -0.0353. The zero-order valence-electron chi connectivity index (χ0n) is 14.8. The summed E-state index contributed by atoms with van der Waals surface area (Å²) < 4.78 is 12.3. The summed E-state index contributed by atoms with van der Waals surface area (Å²) in [4.78, 5) is 42.3. The fourth-order valence-corrected chi connectivity index (χ4v) is 3.12. The topological polar surface area (TPSA) is 154 Å². The van der Waals surface area contributed by atoms with Crippen molar-refractivity contribution in [2.45, 2.75) is 31.7 Å². The molecule has 3 atom stereocenters. The van der Waals surface area contributed by atoms with Gasteiger partial charge in [-0.2, -0.15) is 0 Å². The van der Waals surface area contributed by atoms with Crippen LogP contribution in [-0.2, 0) is 9.47 Å². The molecule has 2 aliphatic rings. The van der Waals surface area contributed by atoms with Crippen molar-refractivity contribution in [1.29, 1.82) is 0 Å². The van der Waals surface area contributed by atoms with Gasteiger partial charge in [-0.25, -0.2) is 9.59 Å². The van der Waals surface area contributed by atoms with Gasteiger partial charge in [-0.05, 0) is 12.5 Å². The summed E-state index contributed by atoms with van der Waals surface area (Å²) in [6.45, 7) is 3.99. The van der Waals surface area contributed by atoms with E-state index in [1.54, 1.807) is 11.8 Å². The Morgan fingerprint density at radius 3 is 2.89 bits per heavy atom. The Morgan fingerprint density at radius 1 is 1.44 bits per heavy atom. The van der Waals surface area contributed by atoms with Gasteiger partial charge < -0.3 is 19.7 Å². The molecule has 27 heavy (non-hydrogen) atoms. The highest BCUT2D eigenvalue weighted by atomic mass is 16.6. The number of rotatable bonds is 4. The zero-order chi connectivity index (χ0) is 19.4. The van der Waals surface area contributed by atoms with Gasteiger partial charge in [-0.3, -0.25) is 14.3 Å². The quantitative estimate of drug-likeness (QED) is 0.421. The van der Waals surface area contributed by atoms with Crippen LogP contribution in [0.1, 0.15) is 18.2 Å². The van der Waals surface area contributed by atoms with Gasteiger partial charge in [-0.1, -0.05) is 5.11 Å². The molecule has 0 bridgehead atoms. The Morgan fingerprint density at radius 2 is 2.19 bits per heavy atom. The first-order chi connectivity index (χ1) is 13.0. The lowest BCUT2D eigenvalue weighted by atomic mass is 10.1. The number of carbonyl (C=O) groups is 1. The van der Waals surface area contributed by atoms with Crippen LogP contribution in [0.4, 0.5) is 4.79 Å². The second-order valence-electron chi connectivity index (χ2n) is 6.43. The van der Waals surface area contributed by atoms with Crippen molar-refractivity contribution >= 4 is 6.09 Å². The number of piperazine rings is 1. The number of nitrogens with one attached hydrogen (secondary N) is 2. The normalized spacial score (nSPS) is 25.1. The number of hydrogen-bond donors (Lipinski definition) is 2. The zero-order valence-corrected chi connectivity index (χ0v) is 14.8. The summed E-state index contributed by atoms with van der Waals surface area (Å²) in [6, 6.07) is -0.602. The molecule has 1 aromatic heterocycles. The molecular formula is C15H21N7O5.